The summed E-state index contributed by atoms with van der Waals surface area (Å²) >= 11 is 0. The number of phosphoric acid groups is 2. The van der Waals surface area contributed by atoms with Crippen LogP contribution in [0.15, 0.2) is 54.6 Å². The van der Waals surface area contributed by atoms with Crippen molar-refractivity contribution >= 4 is 39.3 Å². The van der Waals surface area contributed by atoms with Crippen LogP contribution in [-0.2, 0) is 57.5 Å². The summed E-state index contributed by atoms with van der Waals surface area (Å²) in [7, 11) is -10.4. The Labute approximate surface area is 482 Å². The van der Waals surface area contributed by atoms with Crippen molar-refractivity contribution in [3.05, 3.63) is 71.3 Å². The summed E-state index contributed by atoms with van der Waals surface area (Å²) in [6.45, 7) is 2.72. The van der Waals surface area contributed by atoms with E-state index in [9.17, 15) is 58.5 Å². The minimum absolute atomic E-state index is 0.00544. The van der Waals surface area contributed by atoms with Crippen molar-refractivity contribution in [2.24, 2.45) is 0 Å². The van der Waals surface area contributed by atoms with Crippen LogP contribution in [0.5, 0.6) is 0 Å². The first-order valence-electron chi connectivity index (χ1n) is 30.3. The molecule has 3 rings (SSSR count). The van der Waals surface area contributed by atoms with Crippen molar-refractivity contribution in [1.82, 2.24) is 5.32 Å². The first kappa shape index (κ1) is 71.8. The fraction of sp³-hybridized carbons (Fsp3) is 0.733. The number of phosphoric ester groups is 2. The maximum atomic E-state index is 14.5. The molecule has 0 bridgehead atoms. The van der Waals surface area contributed by atoms with E-state index in [-0.39, 0.29) is 43.9 Å². The van der Waals surface area contributed by atoms with Gasteiger partial charge >= 0.3 is 27.6 Å². The van der Waals surface area contributed by atoms with Gasteiger partial charge in [-0.2, -0.15) is 0 Å². The Bertz CT molecular complexity index is 2100. The van der Waals surface area contributed by atoms with Gasteiger partial charge in [-0.15, -0.1) is 0 Å². The molecule has 0 radical (unpaired) electrons. The van der Waals surface area contributed by atoms with E-state index in [1.807, 2.05) is 6.07 Å². The lowest BCUT2D eigenvalue weighted by Gasteiger charge is -2.43. The third kappa shape index (κ3) is 31.9. The summed E-state index contributed by atoms with van der Waals surface area (Å²) in [5, 5.41) is 46.2. The van der Waals surface area contributed by atoms with Gasteiger partial charge in [0.05, 0.1) is 13.2 Å². The normalized spacial score (nSPS) is 19.4. The highest BCUT2D eigenvalue weighted by Crippen LogP contribution is 2.53. The molecule has 0 aliphatic heterocycles. The standard InChI is InChI=1S/C60H99NO18P2/c1-3-5-7-9-11-13-15-17-19-21-23-25-30-35-52(63)74-45-50(77-53(64)36-31-26-24-22-20-18-16-14-12-10-8-6-4-2)46-76-81(73,79-60-57(68)55(66)59(56(67)58(60)69)78-80(70,71)72)75-44-32-43-61-51(62)42-39-47-37-40-49(41-38-47)54(65)48-33-28-27-29-34-48/h27-29,33-34,37-38,40-41,50,55-60,66-69H,3-26,30-32,35-36,39,42-46H2,1-2H3,(H,61,62)(H2,70,71,72)/t50?,55-,56+,57-,58-,59?,60?,81?/m1/s1. The average molecular weight is 1180 g/mol. The Hall–Kier alpha value is -3.42. The quantitative estimate of drug-likeness (QED) is 0.0140. The van der Waals surface area contributed by atoms with Gasteiger partial charge in [0, 0.05) is 36.9 Å². The summed E-state index contributed by atoms with van der Waals surface area (Å²) in [5.41, 5.74) is 1.89. The van der Waals surface area contributed by atoms with Crippen LogP contribution in [0.3, 0.4) is 0 Å². The first-order chi connectivity index (χ1) is 39.0. The number of carbonyl (C=O) groups is 4. The van der Waals surface area contributed by atoms with Gasteiger partial charge < -0.3 is 45.0 Å². The number of carbonyl (C=O) groups excluding carboxylic acids is 4. The molecule has 2 aromatic carbocycles. The van der Waals surface area contributed by atoms with Gasteiger partial charge in [0.2, 0.25) is 5.91 Å². The number of unbranched alkanes of at least 4 members (excludes halogenated alkanes) is 24. The van der Waals surface area contributed by atoms with Crippen molar-refractivity contribution < 1.29 is 86.1 Å². The second kappa shape index (κ2) is 42.4. The number of esters is 2. The lowest BCUT2D eigenvalue weighted by atomic mass is 9.85. The largest absolute Gasteiger partial charge is 0.475 e. The minimum Gasteiger partial charge on any atom is -0.462 e. The fourth-order valence-corrected chi connectivity index (χ4v) is 11.6. The number of aliphatic hydroxyl groups excluding tert-OH is 4. The van der Waals surface area contributed by atoms with Crippen molar-refractivity contribution in [2.75, 3.05) is 26.4 Å². The Morgan fingerprint density at radius 1 is 0.506 bits per heavy atom. The van der Waals surface area contributed by atoms with E-state index < -0.39 is 90.1 Å². The monoisotopic (exact) mass is 1180 g/mol. The lowest BCUT2D eigenvalue weighted by molar-refractivity contribution is -0.217. The van der Waals surface area contributed by atoms with Gasteiger partial charge in [-0.25, -0.2) is 9.13 Å². The van der Waals surface area contributed by atoms with E-state index in [1.54, 1.807) is 48.5 Å². The molecule has 21 heteroatoms. The highest BCUT2D eigenvalue weighted by Gasteiger charge is 2.54. The number of hydrogen-bond acceptors (Lipinski definition) is 16. The molecule has 8 atom stereocenters. The number of aryl methyl sites for hydroxylation is 1. The van der Waals surface area contributed by atoms with Crippen molar-refractivity contribution in [3.8, 4) is 0 Å². The van der Waals surface area contributed by atoms with Crippen LogP contribution in [-0.4, -0.2) is 123 Å². The zero-order valence-corrected chi connectivity index (χ0v) is 50.3. The second-order valence-corrected chi connectivity index (χ2v) is 24.4. The van der Waals surface area contributed by atoms with E-state index in [1.165, 1.54) is 103 Å². The zero-order valence-electron chi connectivity index (χ0n) is 48.5. The fourth-order valence-electron chi connectivity index (χ4n) is 9.61. The molecule has 1 aliphatic carbocycles. The molecule has 1 fully saturated rings. The third-order valence-corrected chi connectivity index (χ3v) is 16.4. The number of ether oxygens (including phenoxy) is 2. The molecule has 0 spiro atoms. The maximum absolute atomic E-state index is 14.5. The van der Waals surface area contributed by atoms with Crippen LogP contribution < -0.4 is 5.32 Å². The second-order valence-electron chi connectivity index (χ2n) is 21.5. The van der Waals surface area contributed by atoms with E-state index in [0.29, 0.717) is 30.4 Å². The molecule has 7 N–H and O–H groups in total. The number of benzene rings is 2. The van der Waals surface area contributed by atoms with Gasteiger partial charge in [0.15, 0.2) is 11.9 Å². The number of nitrogens with one attached hydrogen (secondary N) is 1. The molecule has 1 amide bonds. The van der Waals surface area contributed by atoms with Crippen LogP contribution in [0.4, 0.5) is 0 Å². The summed E-state index contributed by atoms with van der Waals surface area (Å²) in [5.74, 6) is -1.64. The maximum Gasteiger partial charge on any atom is 0.475 e. The van der Waals surface area contributed by atoms with Crippen LogP contribution >= 0.6 is 15.6 Å². The molecule has 1 aliphatic rings. The molecule has 2 aromatic rings. The summed E-state index contributed by atoms with van der Waals surface area (Å²) < 4.78 is 58.6. The lowest BCUT2D eigenvalue weighted by Crippen LogP contribution is -2.64. The van der Waals surface area contributed by atoms with Crippen molar-refractivity contribution in [2.45, 2.75) is 256 Å². The molecule has 0 saturated heterocycles. The van der Waals surface area contributed by atoms with E-state index in [4.69, 9.17) is 23.0 Å². The average Bonchev–Trinajstić information content (AvgIpc) is 3.57. The van der Waals surface area contributed by atoms with Gasteiger partial charge in [-0.05, 0) is 31.2 Å². The molecule has 0 heterocycles. The molecular formula is C60H99NO18P2. The Balaban J connectivity index is 1.62. The summed E-state index contributed by atoms with van der Waals surface area (Å²) in [6.07, 6.45) is 14.9. The van der Waals surface area contributed by atoms with E-state index in [2.05, 4.69) is 23.7 Å². The van der Waals surface area contributed by atoms with Gasteiger partial charge in [-0.1, -0.05) is 223 Å². The van der Waals surface area contributed by atoms with Crippen LogP contribution in [0.2, 0.25) is 0 Å². The van der Waals surface area contributed by atoms with Gasteiger partial charge in [0.25, 0.3) is 0 Å². The number of amides is 1. The van der Waals surface area contributed by atoms with Gasteiger partial charge in [0.1, 0.15) is 43.2 Å². The third-order valence-electron chi connectivity index (χ3n) is 14.5. The molecule has 0 aromatic heterocycles. The highest BCUT2D eigenvalue weighted by atomic mass is 31.2. The Morgan fingerprint density at radius 3 is 1.41 bits per heavy atom. The number of aliphatic hydroxyl groups is 4. The smallest absolute Gasteiger partial charge is 0.462 e. The topological polar surface area (TPSA) is 291 Å². The predicted octanol–water partition coefficient (Wildman–Crippen LogP) is 11.2. The predicted molar refractivity (Wildman–Crippen MR) is 309 cm³/mol. The number of ketones is 1. The Morgan fingerprint density at radius 2 is 0.938 bits per heavy atom. The summed E-state index contributed by atoms with van der Waals surface area (Å²) in [4.78, 5) is 70.6. The molecule has 462 valence electrons. The first-order valence-corrected chi connectivity index (χ1v) is 33.3. The van der Waals surface area contributed by atoms with Crippen LogP contribution in [0.25, 0.3) is 0 Å². The number of rotatable bonds is 48. The van der Waals surface area contributed by atoms with Gasteiger partial charge in [-0.3, -0.25) is 37.3 Å². The molecule has 4 unspecified atom stereocenters. The van der Waals surface area contributed by atoms with E-state index >= 15 is 0 Å². The number of hydrogen-bond donors (Lipinski definition) is 7. The SMILES string of the molecule is CCCCCCCCCCCCCCCC(=O)OCC(COP(=O)(OCCCNC(=O)CCc1ccc(C(=O)c2ccccc2)cc1)OC1[C@H](O)[C@H](O)C(OP(=O)(O)O)[C@H](O)[C@H]1O)OC(=O)CCCCCCCCCCCCCCC. The minimum atomic E-state index is -5.38. The highest BCUT2D eigenvalue weighted by molar-refractivity contribution is 7.48. The van der Waals surface area contributed by atoms with Crippen molar-refractivity contribution in [3.63, 3.8) is 0 Å². The van der Waals surface area contributed by atoms with Crippen molar-refractivity contribution in [1.29, 1.82) is 0 Å². The Kier molecular flexibility index (Phi) is 37.6. The molecule has 19 nitrogen and oxygen atoms in total. The zero-order chi connectivity index (χ0) is 59.1. The molecular weight excluding hydrogens is 1080 g/mol. The van der Waals surface area contributed by atoms with Crippen LogP contribution in [0.1, 0.15) is 228 Å². The summed E-state index contributed by atoms with van der Waals surface area (Å²) in [6, 6.07) is 15.8. The molecule has 1 saturated carbocycles. The van der Waals surface area contributed by atoms with Crippen LogP contribution in [0, 0.1) is 0 Å². The van der Waals surface area contributed by atoms with E-state index in [0.717, 1.165) is 56.9 Å². The molecule has 81 heavy (non-hydrogen) atoms.